The molecule has 0 aliphatic heterocycles. The molecule has 7 heteroatoms. The third-order valence-electron chi connectivity index (χ3n) is 3.63. The molecule has 0 spiro atoms. The molecule has 2 N–H and O–H groups in total. The molecule has 0 atom stereocenters. The molecule has 140 valence electrons. The molecule has 0 radical (unpaired) electrons. The fourth-order valence-electron chi connectivity index (χ4n) is 2.33. The Balaban J connectivity index is 1.69. The fraction of sp³-hybridized carbons (Fsp3) is 0.368. The highest BCUT2D eigenvalue weighted by Crippen LogP contribution is 2.27. The van der Waals surface area contributed by atoms with Crippen LogP contribution in [-0.4, -0.2) is 32.1 Å². The summed E-state index contributed by atoms with van der Waals surface area (Å²) >= 11 is 0. The molecule has 2 rings (SSSR count). The summed E-state index contributed by atoms with van der Waals surface area (Å²) in [5, 5.41) is 5.56. The maximum atomic E-state index is 11.9. The lowest BCUT2D eigenvalue weighted by Crippen LogP contribution is -2.27. The Kier molecular flexibility index (Phi) is 7.54. The van der Waals surface area contributed by atoms with Crippen molar-refractivity contribution in [3.63, 3.8) is 0 Å². The zero-order chi connectivity index (χ0) is 18.8. The van der Waals surface area contributed by atoms with Crippen LogP contribution < -0.4 is 20.1 Å². The number of benzene rings is 1. The third kappa shape index (κ3) is 5.84. The van der Waals surface area contributed by atoms with Crippen LogP contribution in [0.15, 0.2) is 41.0 Å². The summed E-state index contributed by atoms with van der Waals surface area (Å²) in [6, 6.07) is 8.80. The topological polar surface area (TPSA) is 89.8 Å². The number of nitrogens with one attached hydrogen (secondary N) is 2. The lowest BCUT2D eigenvalue weighted by Gasteiger charge is -2.11. The number of carbonyl (C=O) groups is 2. The summed E-state index contributed by atoms with van der Waals surface area (Å²) in [6.45, 7) is 3.28. The molecule has 0 aliphatic carbocycles. The van der Waals surface area contributed by atoms with E-state index in [1.54, 1.807) is 19.2 Å². The van der Waals surface area contributed by atoms with Crippen LogP contribution in [-0.2, 0) is 11.3 Å². The molecule has 0 saturated carbocycles. The summed E-state index contributed by atoms with van der Waals surface area (Å²) in [4.78, 5) is 23.6. The van der Waals surface area contributed by atoms with Gasteiger partial charge in [0.1, 0.15) is 0 Å². The molecule has 2 amide bonds. The van der Waals surface area contributed by atoms with E-state index in [9.17, 15) is 9.59 Å². The highest BCUT2D eigenvalue weighted by atomic mass is 16.5. The van der Waals surface area contributed by atoms with Crippen LogP contribution in [0.3, 0.4) is 0 Å². The Morgan fingerprint density at radius 2 is 2.00 bits per heavy atom. The van der Waals surface area contributed by atoms with E-state index in [1.165, 1.54) is 6.26 Å². The van der Waals surface area contributed by atoms with Gasteiger partial charge in [-0.25, -0.2) is 0 Å². The number of hydrogen-bond donors (Lipinski definition) is 2. The standard InChI is InChI=1S/C19H24N2O5/c1-3-25-15-9-8-14(12-17(15)24-2)13-21-18(22)7-4-10-20-19(23)16-6-5-11-26-16/h5-6,8-9,11-12H,3-4,7,10,13H2,1-2H3,(H,20,23)(H,21,22). The molecule has 0 unspecified atom stereocenters. The van der Waals surface area contributed by atoms with Crippen LogP contribution in [0.1, 0.15) is 35.9 Å². The number of methoxy groups -OCH3 is 1. The van der Waals surface area contributed by atoms with Gasteiger partial charge in [0.2, 0.25) is 5.91 Å². The Hall–Kier alpha value is -2.96. The Morgan fingerprint density at radius 3 is 2.69 bits per heavy atom. The molecular formula is C19H24N2O5. The minimum atomic E-state index is -0.281. The number of furan rings is 1. The lowest BCUT2D eigenvalue weighted by molar-refractivity contribution is -0.121. The highest BCUT2D eigenvalue weighted by Gasteiger charge is 2.09. The highest BCUT2D eigenvalue weighted by molar-refractivity contribution is 5.91. The largest absolute Gasteiger partial charge is 0.493 e. The average Bonchev–Trinajstić information content (AvgIpc) is 3.19. The van der Waals surface area contributed by atoms with Crippen LogP contribution in [0.4, 0.5) is 0 Å². The molecule has 0 aliphatic rings. The molecule has 2 aromatic rings. The molecule has 1 aromatic heterocycles. The zero-order valence-corrected chi connectivity index (χ0v) is 15.0. The van der Waals surface area contributed by atoms with Crippen molar-refractivity contribution in [1.29, 1.82) is 0 Å². The van der Waals surface area contributed by atoms with Crippen LogP contribution in [0.5, 0.6) is 11.5 Å². The van der Waals surface area contributed by atoms with Crippen molar-refractivity contribution in [3.8, 4) is 11.5 Å². The van der Waals surface area contributed by atoms with E-state index in [-0.39, 0.29) is 17.6 Å². The van der Waals surface area contributed by atoms with Gasteiger partial charge in [-0.3, -0.25) is 9.59 Å². The van der Waals surface area contributed by atoms with Gasteiger partial charge in [0.25, 0.3) is 5.91 Å². The number of amides is 2. The monoisotopic (exact) mass is 360 g/mol. The number of rotatable bonds is 10. The van der Waals surface area contributed by atoms with Crippen LogP contribution in [0, 0.1) is 0 Å². The number of carbonyl (C=O) groups excluding carboxylic acids is 2. The normalized spacial score (nSPS) is 10.2. The fourth-order valence-corrected chi connectivity index (χ4v) is 2.33. The minimum Gasteiger partial charge on any atom is -0.493 e. The first-order valence-corrected chi connectivity index (χ1v) is 8.52. The zero-order valence-electron chi connectivity index (χ0n) is 15.0. The average molecular weight is 360 g/mol. The molecule has 0 fully saturated rings. The van der Waals surface area contributed by atoms with Crippen molar-refractivity contribution in [3.05, 3.63) is 47.9 Å². The molecule has 7 nitrogen and oxygen atoms in total. The van der Waals surface area contributed by atoms with Gasteiger partial charge in [0, 0.05) is 19.5 Å². The quantitative estimate of drug-likeness (QED) is 0.636. The first-order chi connectivity index (χ1) is 12.6. The maximum absolute atomic E-state index is 11.9. The van der Waals surface area contributed by atoms with E-state index >= 15 is 0 Å². The van der Waals surface area contributed by atoms with E-state index in [1.807, 2.05) is 25.1 Å². The minimum absolute atomic E-state index is 0.0786. The van der Waals surface area contributed by atoms with Gasteiger partial charge < -0.3 is 24.5 Å². The Bertz CT molecular complexity index is 713. The molecular weight excluding hydrogens is 336 g/mol. The first-order valence-electron chi connectivity index (χ1n) is 8.52. The van der Waals surface area contributed by atoms with Crippen LogP contribution >= 0.6 is 0 Å². The van der Waals surface area contributed by atoms with E-state index in [4.69, 9.17) is 13.9 Å². The predicted octanol–water partition coefficient (Wildman–Crippen LogP) is 2.51. The van der Waals surface area contributed by atoms with Gasteiger partial charge >= 0.3 is 0 Å². The SMILES string of the molecule is CCOc1ccc(CNC(=O)CCCNC(=O)c2ccco2)cc1OC. The second-order valence-corrected chi connectivity index (χ2v) is 5.53. The van der Waals surface area contributed by atoms with Crippen molar-refractivity contribution in [2.45, 2.75) is 26.3 Å². The smallest absolute Gasteiger partial charge is 0.286 e. The lowest BCUT2D eigenvalue weighted by atomic mass is 10.2. The second kappa shape index (κ2) is 10.1. The third-order valence-corrected chi connectivity index (χ3v) is 3.63. The van der Waals surface area contributed by atoms with Crippen molar-refractivity contribution >= 4 is 11.8 Å². The summed E-state index contributed by atoms with van der Waals surface area (Å²) in [5.41, 5.74) is 0.921. The molecule has 1 heterocycles. The molecule has 1 aromatic carbocycles. The Labute approximate surface area is 152 Å². The van der Waals surface area contributed by atoms with Crippen molar-refractivity contribution in [2.24, 2.45) is 0 Å². The van der Waals surface area contributed by atoms with Crippen LogP contribution in [0.2, 0.25) is 0 Å². The van der Waals surface area contributed by atoms with E-state index in [0.29, 0.717) is 44.0 Å². The molecule has 0 saturated heterocycles. The van der Waals surface area contributed by atoms with Gasteiger partial charge in [-0.05, 0) is 43.2 Å². The molecule has 0 bridgehead atoms. The van der Waals surface area contributed by atoms with Crippen LogP contribution in [0.25, 0.3) is 0 Å². The van der Waals surface area contributed by atoms with E-state index in [0.717, 1.165) is 5.56 Å². The second-order valence-electron chi connectivity index (χ2n) is 5.53. The van der Waals surface area contributed by atoms with E-state index in [2.05, 4.69) is 10.6 Å². The van der Waals surface area contributed by atoms with Crippen molar-refractivity contribution in [1.82, 2.24) is 10.6 Å². The summed E-state index contributed by atoms with van der Waals surface area (Å²) in [7, 11) is 1.58. The summed E-state index contributed by atoms with van der Waals surface area (Å²) < 4.78 is 15.8. The molecule has 26 heavy (non-hydrogen) atoms. The predicted molar refractivity (Wildman–Crippen MR) is 96.3 cm³/mol. The maximum Gasteiger partial charge on any atom is 0.286 e. The summed E-state index contributed by atoms with van der Waals surface area (Å²) in [5.74, 6) is 1.22. The summed E-state index contributed by atoms with van der Waals surface area (Å²) in [6.07, 6.45) is 2.32. The van der Waals surface area contributed by atoms with Gasteiger partial charge in [-0.1, -0.05) is 6.07 Å². The van der Waals surface area contributed by atoms with Gasteiger partial charge in [-0.2, -0.15) is 0 Å². The van der Waals surface area contributed by atoms with E-state index < -0.39 is 0 Å². The first kappa shape index (κ1) is 19.4. The van der Waals surface area contributed by atoms with Crippen molar-refractivity contribution < 1.29 is 23.5 Å². The van der Waals surface area contributed by atoms with Gasteiger partial charge in [-0.15, -0.1) is 0 Å². The van der Waals surface area contributed by atoms with Gasteiger partial charge in [0.05, 0.1) is 20.0 Å². The van der Waals surface area contributed by atoms with Gasteiger partial charge in [0.15, 0.2) is 17.3 Å². The number of hydrogen-bond acceptors (Lipinski definition) is 5. The Morgan fingerprint density at radius 1 is 1.15 bits per heavy atom. The number of ether oxygens (including phenoxy) is 2. The van der Waals surface area contributed by atoms with Crippen molar-refractivity contribution in [2.75, 3.05) is 20.3 Å².